The largest absolute Gasteiger partial charge is 0.394 e. The van der Waals surface area contributed by atoms with Crippen LogP contribution in [0.5, 0.6) is 0 Å². The molecule has 1 aromatic carbocycles. The van der Waals surface area contributed by atoms with Gasteiger partial charge < -0.3 is 15.3 Å². The van der Waals surface area contributed by atoms with Gasteiger partial charge in [0.1, 0.15) is 0 Å². The maximum atomic E-state index is 9.25. The first-order valence-corrected chi connectivity index (χ1v) is 6.25. The number of likely N-dealkylation sites (N-methyl/N-ethyl adjacent to an activating group) is 1. The first-order valence-electron chi connectivity index (χ1n) is 6.25. The third kappa shape index (κ3) is 3.20. The normalized spacial score (nSPS) is 14.4. The van der Waals surface area contributed by atoms with Gasteiger partial charge in [-0.1, -0.05) is 25.1 Å². The number of benzene rings is 1. The second-order valence-corrected chi connectivity index (χ2v) is 4.45. The van der Waals surface area contributed by atoms with Gasteiger partial charge in [0.25, 0.3) is 0 Å². The van der Waals surface area contributed by atoms with Crippen LogP contribution in [0.2, 0.25) is 0 Å². The summed E-state index contributed by atoms with van der Waals surface area (Å²) in [7, 11) is 4.02. The standard InChI is InChI=1S/C14H24N2O/c1-5-13(15-3)12-8-6-7-9-14(12)16(4)11(2)10-17/h6-9,11,13,15,17H,5,10H2,1-4H3. The van der Waals surface area contributed by atoms with Gasteiger partial charge in [0.2, 0.25) is 0 Å². The molecule has 3 heteroatoms. The Hall–Kier alpha value is -1.06. The van der Waals surface area contributed by atoms with Crippen molar-refractivity contribution in [2.45, 2.75) is 32.4 Å². The molecule has 0 aliphatic carbocycles. The summed E-state index contributed by atoms with van der Waals surface area (Å²) >= 11 is 0. The maximum absolute atomic E-state index is 9.25. The van der Waals surface area contributed by atoms with E-state index in [1.807, 2.05) is 27.1 Å². The SMILES string of the molecule is CCC(NC)c1ccccc1N(C)C(C)CO. The van der Waals surface area contributed by atoms with Crippen LogP contribution in [0.15, 0.2) is 24.3 Å². The van der Waals surface area contributed by atoms with Crippen LogP contribution < -0.4 is 10.2 Å². The van der Waals surface area contributed by atoms with Gasteiger partial charge in [-0.05, 0) is 32.0 Å². The van der Waals surface area contributed by atoms with Crippen LogP contribution >= 0.6 is 0 Å². The van der Waals surface area contributed by atoms with Gasteiger partial charge >= 0.3 is 0 Å². The molecule has 0 aliphatic rings. The lowest BCUT2D eigenvalue weighted by Crippen LogP contribution is -2.33. The van der Waals surface area contributed by atoms with Crippen LogP contribution in [0.3, 0.4) is 0 Å². The number of para-hydroxylation sites is 1. The lowest BCUT2D eigenvalue weighted by molar-refractivity contribution is 0.270. The van der Waals surface area contributed by atoms with Crippen LogP contribution in [0.25, 0.3) is 0 Å². The highest BCUT2D eigenvalue weighted by Crippen LogP contribution is 2.28. The molecule has 1 aromatic rings. The quantitative estimate of drug-likeness (QED) is 0.794. The van der Waals surface area contributed by atoms with Crippen LogP contribution in [0, 0.1) is 0 Å². The van der Waals surface area contributed by atoms with Gasteiger partial charge in [0.15, 0.2) is 0 Å². The molecule has 17 heavy (non-hydrogen) atoms. The van der Waals surface area contributed by atoms with Gasteiger partial charge in [-0.15, -0.1) is 0 Å². The Labute approximate surface area is 104 Å². The molecule has 0 fully saturated rings. The fourth-order valence-electron chi connectivity index (χ4n) is 2.04. The second kappa shape index (κ2) is 6.62. The molecule has 0 saturated carbocycles. The van der Waals surface area contributed by atoms with Gasteiger partial charge in [0, 0.05) is 24.8 Å². The smallest absolute Gasteiger partial charge is 0.0632 e. The Kier molecular flexibility index (Phi) is 5.45. The predicted molar refractivity (Wildman–Crippen MR) is 73.5 cm³/mol. The number of hydrogen-bond acceptors (Lipinski definition) is 3. The van der Waals surface area contributed by atoms with E-state index in [2.05, 4.69) is 35.3 Å². The molecule has 0 amide bonds. The molecule has 96 valence electrons. The predicted octanol–water partition coefficient (Wildman–Crippen LogP) is 2.17. The number of hydrogen-bond donors (Lipinski definition) is 2. The van der Waals surface area contributed by atoms with E-state index in [1.165, 1.54) is 11.3 Å². The molecular weight excluding hydrogens is 212 g/mol. The number of anilines is 1. The minimum Gasteiger partial charge on any atom is -0.394 e. The molecule has 0 radical (unpaired) electrons. The molecule has 0 heterocycles. The molecule has 0 aromatic heterocycles. The van der Waals surface area contributed by atoms with Crippen molar-refractivity contribution in [3.63, 3.8) is 0 Å². The van der Waals surface area contributed by atoms with Crippen molar-refractivity contribution in [1.29, 1.82) is 0 Å². The average Bonchev–Trinajstić information content (AvgIpc) is 2.39. The second-order valence-electron chi connectivity index (χ2n) is 4.45. The Morgan fingerprint density at radius 3 is 2.53 bits per heavy atom. The van der Waals surface area contributed by atoms with Crippen molar-refractivity contribution < 1.29 is 5.11 Å². The lowest BCUT2D eigenvalue weighted by atomic mass is 10.0. The molecule has 2 atom stereocenters. The highest BCUT2D eigenvalue weighted by Gasteiger charge is 2.16. The maximum Gasteiger partial charge on any atom is 0.0632 e. The van der Waals surface area contributed by atoms with Crippen LogP contribution in [0.1, 0.15) is 31.9 Å². The average molecular weight is 236 g/mol. The Morgan fingerprint density at radius 1 is 1.35 bits per heavy atom. The zero-order valence-electron chi connectivity index (χ0n) is 11.3. The molecule has 3 nitrogen and oxygen atoms in total. The Morgan fingerprint density at radius 2 is 2.00 bits per heavy atom. The summed E-state index contributed by atoms with van der Waals surface area (Å²) < 4.78 is 0. The summed E-state index contributed by atoms with van der Waals surface area (Å²) in [6.45, 7) is 4.37. The highest BCUT2D eigenvalue weighted by molar-refractivity contribution is 5.55. The monoisotopic (exact) mass is 236 g/mol. The van der Waals surface area contributed by atoms with Crippen molar-refractivity contribution in [2.75, 3.05) is 25.6 Å². The summed E-state index contributed by atoms with van der Waals surface area (Å²) in [6, 6.07) is 8.87. The van der Waals surface area contributed by atoms with Gasteiger partial charge in [0.05, 0.1) is 6.61 Å². The molecule has 1 rings (SSSR count). The van der Waals surface area contributed by atoms with Crippen molar-refractivity contribution >= 4 is 5.69 Å². The van der Waals surface area contributed by atoms with Crippen LogP contribution in [-0.2, 0) is 0 Å². The van der Waals surface area contributed by atoms with Gasteiger partial charge in [-0.25, -0.2) is 0 Å². The Bertz CT molecular complexity index is 337. The van der Waals surface area contributed by atoms with Crippen LogP contribution in [-0.4, -0.2) is 31.9 Å². The zero-order chi connectivity index (χ0) is 12.8. The summed E-state index contributed by atoms with van der Waals surface area (Å²) in [5.74, 6) is 0. The molecule has 0 saturated heterocycles. The van der Waals surface area contributed by atoms with E-state index < -0.39 is 0 Å². The molecule has 0 spiro atoms. The molecule has 0 bridgehead atoms. The van der Waals surface area contributed by atoms with Crippen molar-refractivity contribution in [1.82, 2.24) is 5.32 Å². The first kappa shape index (κ1) is 14.0. The molecule has 0 aliphatic heterocycles. The van der Waals surface area contributed by atoms with E-state index >= 15 is 0 Å². The number of aliphatic hydroxyl groups excluding tert-OH is 1. The lowest BCUT2D eigenvalue weighted by Gasteiger charge is -2.30. The van der Waals surface area contributed by atoms with E-state index in [0.29, 0.717) is 6.04 Å². The summed E-state index contributed by atoms with van der Waals surface area (Å²) in [6.07, 6.45) is 1.05. The minimum atomic E-state index is 0.130. The van der Waals surface area contributed by atoms with E-state index in [9.17, 15) is 5.11 Å². The van der Waals surface area contributed by atoms with Crippen LogP contribution in [0.4, 0.5) is 5.69 Å². The van der Waals surface area contributed by atoms with Gasteiger partial charge in [-0.2, -0.15) is 0 Å². The number of aliphatic hydroxyl groups is 1. The van der Waals surface area contributed by atoms with E-state index in [1.54, 1.807) is 0 Å². The third-order valence-electron chi connectivity index (χ3n) is 3.37. The number of nitrogens with zero attached hydrogens (tertiary/aromatic N) is 1. The third-order valence-corrected chi connectivity index (χ3v) is 3.37. The highest BCUT2D eigenvalue weighted by atomic mass is 16.3. The molecular formula is C14H24N2O. The fraction of sp³-hybridized carbons (Fsp3) is 0.571. The first-order chi connectivity index (χ1) is 8.15. The van der Waals surface area contributed by atoms with Crippen molar-refractivity contribution in [2.24, 2.45) is 0 Å². The van der Waals surface area contributed by atoms with Crippen molar-refractivity contribution in [3.05, 3.63) is 29.8 Å². The van der Waals surface area contributed by atoms with Crippen molar-refractivity contribution in [3.8, 4) is 0 Å². The number of nitrogens with one attached hydrogen (secondary N) is 1. The summed E-state index contributed by atoms with van der Waals surface area (Å²) in [5, 5.41) is 12.6. The van der Waals surface area contributed by atoms with E-state index in [0.717, 1.165) is 6.42 Å². The Balaban J connectivity index is 3.06. The fourth-order valence-corrected chi connectivity index (χ4v) is 2.04. The molecule has 2 N–H and O–H groups in total. The topological polar surface area (TPSA) is 35.5 Å². The van der Waals surface area contributed by atoms with E-state index in [-0.39, 0.29) is 12.6 Å². The van der Waals surface area contributed by atoms with Gasteiger partial charge in [-0.3, -0.25) is 0 Å². The van der Waals surface area contributed by atoms with E-state index in [4.69, 9.17) is 0 Å². The summed E-state index contributed by atoms with van der Waals surface area (Å²) in [5.41, 5.74) is 2.48. The number of rotatable bonds is 6. The molecule has 2 unspecified atom stereocenters. The summed E-state index contributed by atoms with van der Waals surface area (Å²) in [4.78, 5) is 2.13. The minimum absolute atomic E-state index is 0.130. The zero-order valence-corrected chi connectivity index (χ0v) is 11.3.